The lowest BCUT2D eigenvalue weighted by molar-refractivity contribution is 0.222. The molecule has 84 valence electrons. The molecule has 0 spiro atoms. The molecule has 0 aliphatic heterocycles. The van der Waals surface area contributed by atoms with Gasteiger partial charge in [-0.1, -0.05) is 39.8 Å². The first-order valence-electron chi connectivity index (χ1n) is 6.72. The molecule has 0 bridgehead atoms. The summed E-state index contributed by atoms with van der Waals surface area (Å²) in [5.41, 5.74) is 0.656. The van der Waals surface area contributed by atoms with Crippen molar-refractivity contribution in [1.29, 1.82) is 0 Å². The molecule has 0 nitrogen and oxygen atoms in total. The maximum Gasteiger partial charge on any atom is -0.0171 e. The second-order valence-electron chi connectivity index (χ2n) is 6.91. The average molecular weight is 204 g/mol. The van der Waals surface area contributed by atoms with E-state index in [2.05, 4.69) is 39.8 Å². The fraction of sp³-hybridized carbons (Fsp3) is 0.867. The van der Waals surface area contributed by atoms with Gasteiger partial charge in [0.2, 0.25) is 0 Å². The Balaban J connectivity index is 1.92. The summed E-state index contributed by atoms with van der Waals surface area (Å²) in [6.45, 7) is 9.91. The van der Waals surface area contributed by atoms with Crippen molar-refractivity contribution in [2.45, 2.75) is 40.5 Å². The molecule has 0 aromatic heterocycles. The average Bonchev–Trinajstić information content (AvgIpc) is 2.55. The van der Waals surface area contributed by atoms with Crippen LogP contribution in [0.2, 0.25) is 0 Å². The summed E-state index contributed by atoms with van der Waals surface area (Å²) in [5.74, 6) is 5.71. The van der Waals surface area contributed by atoms with E-state index in [-0.39, 0.29) is 0 Å². The third-order valence-corrected chi connectivity index (χ3v) is 5.83. The van der Waals surface area contributed by atoms with E-state index < -0.39 is 0 Å². The van der Waals surface area contributed by atoms with Gasteiger partial charge in [-0.25, -0.2) is 0 Å². The number of hydrogen-bond donors (Lipinski definition) is 0. The van der Waals surface area contributed by atoms with Gasteiger partial charge in [0.1, 0.15) is 0 Å². The zero-order chi connectivity index (χ0) is 10.8. The van der Waals surface area contributed by atoms with E-state index in [4.69, 9.17) is 0 Å². The fourth-order valence-electron chi connectivity index (χ4n) is 4.78. The van der Waals surface area contributed by atoms with Crippen LogP contribution in [0.3, 0.4) is 0 Å². The molecule has 2 saturated carbocycles. The Hall–Kier alpha value is -0.260. The summed E-state index contributed by atoms with van der Waals surface area (Å²) in [4.78, 5) is 0. The van der Waals surface area contributed by atoms with Crippen molar-refractivity contribution in [2.24, 2.45) is 40.9 Å². The molecule has 3 aliphatic carbocycles. The maximum atomic E-state index is 2.54. The van der Waals surface area contributed by atoms with Crippen LogP contribution in [-0.2, 0) is 0 Å². The van der Waals surface area contributed by atoms with Gasteiger partial charge in [0, 0.05) is 0 Å². The molecular formula is C15H24. The van der Waals surface area contributed by atoms with E-state index in [1.165, 1.54) is 12.8 Å². The van der Waals surface area contributed by atoms with E-state index in [1.807, 2.05) is 0 Å². The van der Waals surface area contributed by atoms with Crippen molar-refractivity contribution in [2.75, 3.05) is 0 Å². The van der Waals surface area contributed by atoms with E-state index in [1.54, 1.807) is 0 Å². The molecule has 6 atom stereocenters. The molecular weight excluding hydrogens is 180 g/mol. The second-order valence-corrected chi connectivity index (χ2v) is 6.91. The quantitative estimate of drug-likeness (QED) is 0.521. The monoisotopic (exact) mass is 204 g/mol. The zero-order valence-electron chi connectivity index (χ0n) is 10.5. The summed E-state index contributed by atoms with van der Waals surface area (Å²) >= 11 is 0. The highest BCUT2D eigenvalue weighted by Crippen LogP contribution is 2.69. The Morgan fingerprint density at radius 1 is 1.07 bits per heavy atom. The van der Waals surface area contributed by atoms with Gasteiger partial charge in [-0.3, -0.25) is 0 Å². The van der Waals surface area contributed by atoms with Crippen molar-refractivity contribution in [3.8, 4) is 0 Å². The number of hydrogen-bond acceptors (Lipinski definition) is 0. The van der Waals surface area contributed by atoms with Crippen molar-refractivity contribution in [1.82, 2.24) is 0 Å². The SMILES string of the molecule is CC1C=CC2C(C)CCC3C(C12)C3(C)C. The van der Waals surface area contributed by atoms with Crippen LogP contribution in [0.1, 0.15) is 40.5 Å². The molecule has 15 heavy (non-hydrogen) atoms. The standard InChI is InChI=1S/C15H24/c1-9-6-8-12-14(15(12,3)4)13-10(2)5-7-11(9)13/h5,7,9-14H,6,8H2,1-4H3. The number of allylic oxidation sites excluding steroid dienone is 2. The predicted octanol–water partition coefficient (Wildman–Crippen LogP) is 4.13. The lowest BCUT2D eigenvalue weighted by Crippen LogP contribution is -2.23. The molecule has 2 fully saturated rings. The van der Waals surface area contributed by atoms with Gasteiger partial charge >= 0.3 is 0 Å². The van der Waals surface area contributed by atoms with Crippen LogP contribution in [0.4, 0.5) is 0 Å². The first-order valence-corrected chi connectivity index (χ1v) is 6.72. The first-order chi connectivity index (χ1) is 7.03. The van der Waals surface area contributed by atoms with Crippen LogP contribution in [-0.4, -0.2) is 0 Å². The van der Waals surface area contributed by atoms with Crippen LogP contribution in [0.25, 0.3) is 0 Å². The molecule has 0 heteroatoms. The summed E-state index contributed by atoms with van der Waals surface area (Å²) in [6, 6.07) is 0. The Bertz CT molecular complexity index is 299. The number of fused-ring (bicyclic) bond motifs is 3. The largest absolute Gasteiger partial charge is 0.0851 e. The summed E-state index contributed by atoms with van der Waals surface area (Å²) in [7, 11) is 0. The predicted molar refractivity (Wildman–Crippen MR) is 64.4 cm³/mol. The lowest BCUT2D eigenvalue weighted by Gasteiger charge is -2.28. The van der Waals surface area contributed by atoms with Crippen molar-refractivity contribution in [3.05, 3.63) is 12.2 Å². The summed E-state index contributed by atoms with van der Waals surface area (Å²) < 4.78 is 0. The molecule has 0 aromatic rings. The molecule has 0 heterocycles. The Labute approximate surface area is 94.1 Å². The third kappa shape index (κ3) is 1.20. The molecule has 0 saturated heterocycles. The minimum absolute atomic E-state index is 0.656. The van der Waals surface area contributed by atoms with Crippen LogP contribution in [0, 0.1) is 40.9 Å². The van der Waals surface area contributed by atoms with Crippen molar-refractivity contribution >= 4 is 0 Å². The molecule has 3 aliphatic rings. The topological polar surface area (TPSA) is 0 Å². The van der Waals surface area contributed by atoms with Crippen molar-refractivity contribution < 1.29 is 0 Å². The van der Waals surface area contributed by atoms with E-state index in [9.17, 15) is 0 Å². The normalized spacial score (nSPS) is 55.7. The fourth-order valence-corrected chi connectivity index (χ4v) is 4.78. The lowest BCUT2D eigenvalue weighted by atomic mass is 9.76. The van der Waals surface area contributed by atoms with E-state index in [0.29, 0.717) is 5.41 Å². The molecule has 0 radical (unpaired) electrons. The van der Waals surface area contributed by atoms with Gasteiger partial charge in [-0.15, -0.1) is 0 Å². The van der Waals surface area contributed by atoms with Gasteiger partial charge in [0.15, 0.2) is 0 Å². The number of rotatable bonds is 0. The highest BCUT2D eigenvalue weighted by molar-refractivity contribution is 5.19. The molecule has 0 aromatic carbocycles. The molecule has 0 N–H and O–H groups in total. The maximum absolute atomic E-state index is 2.54. The van der Waals surface area contributed by atoms with Crippen LogP contribution in [0.5, 0.6) is 0 Å². The highest BCUT2D eigenvalue weighted by atomic mass is 14.7. The Morgan fingerprint density at radius 2 is 1.80 bits per heavy atom. The minimum atomic E-state index is 0.656. The van der Waals surface area contributed by atoms with E-state index >= 15 is 0 Å². The van der Waals surface area contributed by atoms with Gasteiger partial charge < -0.3 is 0 Å². The van der Waals surface area contributed by atoms with E-state index in [0.717, 1.165) is 35.5 Å². The van der Waals surface area contributed by atoms with Crippen LogP contribution in [0.15, 0.2) is 12.2 Å². The Morgan fingerprint density at radius 3 is 2.53 bits per heavy atom. The van der Waals surface area contributed by atoms with Gasteiger partial charge in [-0.05, 0) is 53.8 Å². The van der Waals surface area contributed by atoms with Crippen LogP contribution < -0.4 is 0 Å². The van der Waals surface area contributed by atoms with Gasteiger partial charge in [0.25, 0.3) is 0 Å². The third-order valence-electron chi connectivity index (χ3n) is 5.83. The van der Waals surface area contributed by atoms with Crippen molar-refractivity contribution in [3.63, 3.8) is 0 Å². The molecule has 0 amide bonds. The summed E-state index contributed by atoms with van der Waals surface area (Å²) in [5, 5.41) is 0. The first kappa shape index (κ1) is 9.93. The van der Waals surface area contributed by atoms with Gasteiger partial charge in [-0.2, -0.15) is 0 Å². The smallest absolute Gasteiger partial charge is 0.0171 e. The molecule has 3 rings (SSSR count). The van der Waals surface area contributed by atoms with Gasteiger partial charge in [0.05, 0.1) is 0 Å². The minimum Gasteiger partial charge on any atom is -0.0851 e. The zero-order valence-corrected chi connectivity index (χ0v) is 10.5. The summed E-state index contributed by atoms with van der Waals surface area (Å²) in [6.07, 6.45) is 7.98. The highest BCUT2D eigenvalue weighted by Gasteiger charge is 2.63. The second kappa shape index (κ2) is 2.90. The van der Waals surface area contributed by atoms with Crippen LogP contribution >= 0.6 is 0 Å². The Kier molecular flexibility index (Phi) is 1.92. The molecule has 6 unspecified atom stereocenters.